The van der Waals surface area contributed by atoms with Crippen LogP contribution in [-0.2, 0) is 14.8 Å². The van der Waals surface area contributed by atoms with Gasteiger partial charge in [-0.05, 0) is 53.9 Å². The second-order valence-corrected chi connectivity index (χ2v) is 7.21. The lowest BCUT2D eigenvalue weighted by atomic mass is 10.1. The van der Waals surface area contributed by atoms with Gasteiger partial charge in [0.15, 0.2) is 0 Å². The van der Waals surface area contributed by atoms with Crippen LogP contribution in [0.5, 0.6) is 0 Å². The number of carbonyl (C=O) groups excluding carboxylic acids is 1. The lowest BCUT2D eigenvalue weighted by molar-refractivity contribution is -0.120. The van der Waals surface area contributed by atoms with Crippen molar-refractivity contribution in [3.8, 4) is 0 Å². The molecule has 118 valence electrons. The van der Waals surface area contributed by atoms with Gasteiger partial charge in [0.25, 0.3) is 10.0 Å². The molecule has 1 heterocycles. The number of hydrogen-bond acceptors (Lipinski definition) is 4. The zero-order chi connectivity index (χ0) is 16.5. The van der Waals surface area contributed by atoms with Crippen molar-refractivity contribution >= 4 is 27.3 Å². The van der Waals surface area contributed by atoms with Crippen molar-refractivity contribution in [1.29, 1.82) is 0 Å². The average Bonchev–Trinajstić information content (AvgIpc) is 2.95. The van der Waals surface area contributed by atoms with Crippen LogP contribution in [0.25, 0.3) is 0 Å². The highest BCUT2D eigenvalue weighted by molar-refractivity contribution is 7.90. The van der Waals surface area contributed by atoms with Crippen LogP contribution in [0.2, 0.25) is 0 Å². The number of halogens is 2. The number of benzene rings is 1. The Morgan fingerprint density at radius 2 is 1.95 bits per heavy atom. The molecule has 0 aliphatic heterocycles. The van der Waals surface area contributed by atoms with Crippen LogP contribution in [0, 0.1) is 18.6 Å². The second-order valence-electron chi connectivity index (χ2n) is 4.78. The molecule has 1 aromatic heterocycles. The van der Waals surface area contributed by atoms with E-state index in [2.05, 4.69) is 0 Å². The number of hydrogen-bond donors (Lipinski definition) is 1. The van der Waals surface area contributed by atoms with Crippen molar-refractivity contribution in [2.45, 2.75) is 24.7 Å². The highest BCUT2D eigenvalue weighted by Crippen LogP contribution is 2.21. The summed E-state index contributed by atoms with van der Waals surface area (Å²) in [7, 11) is -4.48. The van der Waals surface area contributed by atoms with Gasteiger partial charge in [-0.1, -0.05) is 0 Å². The summed E-state index contributed by atoms with van der Waals surface area (Å²) in [6.07, 6.45) is 0. The predicted molar refractivity (Wildman–Crippen MR) is 79.2 cm³/mol. The zero-order valence-electron chi connectivity index (χ0n) is 11.8. The highest BCUT2D eigenvalue weighted by atomic mass is 32.2. The first-order valence-electron chi connectivity index (χ1n) is 6.27. The van der Waals surface area contributed by atoms with Crippen molar-refractivity contribution < 1.29 is 22.0 Å². The molecule has 0 aliphatic rings. The Balaban J connectivity index is 2.28. The van der Waals surface area contributed by atoms with E-state index in [1.54, 1.807) is 21.5 Å². The molecule has 0 aliphatic carbocycles. The third-order valence-electron chi connectivity index (χ3n) is 3.17. The summed E-state index contributed by atoms with van der Waals surface area (Å²) >= 11 is 1.37. The Labute approximate surface area is 130 Å². The second kappa shape index (κ2) is 6.13. The molecule has 2 aromatic rings. The van der Waals surface area contributed by atoms with Gasteiger partial charge >= 0.3 is 0 Å². The summed E-state index contributed by atoms with van der Waals surface area (Å²) in [6, 6.07) is 3.03. The minimum absolute atomic E-state index is 0.0191. The van der Waals surface area contributed by atoms with Crippen molar-refractivity contribution in [1.82, 2.24) is 4.72 Å². The SMILES string of the molecule is Cc1cc(F)c(S(=O)(=O)NC(=O)[C@H](C)c2ccsc2)cc1F. The fourth-order valence-corrected chi connectivity index (χ4v) is 3.66. The first kappa shape index (κ1) is 16.6. The van der Waals surface area contributed by atoms with Gasteiger partial charge in [0.1, 0.15) is 16.5 Å². The summed E-state index contributed by atoms with van der Waals surface area (Å²) in [5.74, 6) is -3.50. The smallest absolute Gasteiger partial charge is 0.267 e. The van der Waals surface area contributed by atoms with Crippen LogP contribution < -0.4 is 4.72 Å². The normalized spacial score (nSPS) is 12.9. The third-order valence-corrected chi connectivity index (χ3v) is 5.24. The van der Waals surface area contributed by atoms with E-state index in [0.717, 1.165) is 6.07 Å². The lowest BCUT2D eigenvalue weighted by Gasteiger charge is -2.12. The Morgan fingerprint density at radius 1 is 1.27 bits per heavy atom. The number of amides is 1. The molecule has 1 aromatic carbocycles. The van der Waals surface area contributed by atoms with Crippen molar-refractivity contribution in [2.24, 2.45) is 0 Å². The molecule has 8 heteroatoms. The van der Waals surface area contributed by atoms with Crippen LogP contribution >= 0.6 is 11.3 Å². The van der Waals surface area contributed by atoms with Gasteiger partial charge in [0, 0.05) is 0 Å². The summed E-state index contributed by atoms with van der Waals surface area (Å²) < 4.78 is 53.1. The van der Waals surface area contributed by atoms with Crippen molar-refractivity contribution in [2.75, 3.05) is 0 Å². The van der Waals surface area contributed by atoms with Crippen molar-refractivity contribution in [3.63, 3.8) is 0 Å². The quantitative estimate of drug-likeness (QED) is 0.927. The van der Waals surface area contributed by atoms with Crippen LogP contribution in [0.15, 0.2) is 33.9 Å². The van der Waals surface area contributed by atoms with Crippen LogP contribution in [0.4, 0.5) is 8.78 Å². The van der Waals surface area contributed by atoms with E-state index in [-0.39, 0.29) is 5.56 Å². The molecule has 22 heavy (non-hydrogen) atoms. The lowest BCUT2D eigenvalue weighted by Crippen LogP contribution is -2.34. The zero-order valence-corrected chi connectivity index (χ0v) is 13.4. The molecule has 1 amide bonds. The number of nitrogens with one attached hydrogen (secondary N) is 1. The molecule has 0 saturated carbocycles. The summed E-state index contributed by atoms with van der Waals surface area (Å²) in [4.78, 5) is 11.1. The van der Waals surface area contributed by atoms with E-state index in [0.29, 0.717) is 11.6 Å². The molecule has 4 nitrogen and oxygen atoms in total. The largest absolute Gasteiger partial charge is 0.273 e. The molecule has 2 rings (SSSR count). The maximum Gasteiger partial charge on any atom is 0.267 e. The van der Waals surface area contributed by atoms with Gasteiger partial charge in [0.05, 0.1) is 5.92 Å². The Hall–Kier alpha value is -1.80. The van der Waals surface area contributed by atoms with E-state index >= 15 is 0 Å². The van der Waals surface area contributed by atoms with Gasteiger partial charge < -0.3 is 0 Å². The van der Waals surface area contributed by atoms with Crippen LogP contribution in [0.3, 0.4) is 0 Å². The Morgan fingerprint density at radius 3 is 2.55 bits per heavy atom. The van der Waals surface area contributed by atoms with Crippen LogP contribution in [0.1, 0.15) is 24.0 Å². The maximum atomic E-state index is 13.8. The topological polar surface area (TPSA) is 63.2 Å². The van der Waals surface area contributed by atoms with Crippen molar-refractivity contribution in [3.05, 3.63) is 51.7 Å². The van der Waals surface area contributed by atoms with E-state index in [9.17, 15) is 22.0 Å². The van der Waals surface area contributed by atoms with Crippen LogP contribution in [-0.4, -0.2) is 14.3 Å². The number of sulfonamides is 1. The standard InChI is InChI=1S/C14H13F2NO3S2/c1-8-5-12(16)13(6-11(8)15)22(19,20)17-14(18)9(2)10-3-4-21-7-10/h3-7,9H,1-2H3,(H,17,18)/t9-/m1/s1. The van der Waals surface area contributed by atoms with Gasteiger partial charge in [0.2, 0.25) is 5.91 Å². The molecular formula is C14H13F2NO3S2. The van der Waals surface area contributed by atoms with E-state index in [1.807, 2.05) is 0 Å². The molecule has 0 spiro atoms. The molecule has 1 atom stereocenters. The maximum absolute atomic E-state index is 13.8. The average molecular weight is 345 g/mol. The van der Waals surface area contributed by atoms with Gasteiger partial charge in [-0.25, -0.2) is 21.9 Å². The molecule has 0 fully saturated rings. The predicted octanol–water partition coefficient (Wildman–Crippen LogP) is 2.94. The Bertz CT molecular complexity index is 802. The third kappa shape index (κ3) is 3.33. The summed E-state index contributed by atoms with van der Waals surface area (Å²) in [5, 5.41) is 3.46. The summed E-state index contributed by atoms with van der Waals surface area (Å²) in [5.41, 5.74) is 0.627. The highest BCUT2D eigenvalue weighted by Gasteiger charge is 2.26. The van der Waals surface area contributed by atoms with Gasteiger partial charge in [-0.3, -0.25) is 4.79 Å². The molecule has 0 radical (unpaired) electrons. The van der Waals surface area contributed by atoms with E-state index < -0.39 is 38.4 Å². The molecular weight excluding hydrogens is 332 g/mol. The minimum Gasteiger partial charge on any atom is -0.273 e. The molecule has 0 saturated heterocycles. The van der Waals surface area contributed by atoms with E-state index in [4.69, 9.17) is 0 Å². The van der Waals surface area contributed by atoms with Gasteiger partial charge in [-0.2, -0.15) is 11.3 Å². The number of aryl methyl sites for hydroxylation is 1. The minimum atomic E-state index is -4.48. The Kier molecular flexibility index (Phi) is 4.62. The first-order chi connectivity index (χ1) is 10.2. The molecule has 1 N–H and O–H groups in total. The number of carbonyl (C=O) groups is 1. The monoisotopic (exact) mass is 345 g/mol. The first-order valence-corrected chi connectivity index (χ1v) is 8.69. The van der Waals surface area contributed by atoms with E-state index in [1.165, 1.54) is 25.2 Å². The number of rotatable bonds is 4. The van der Waals surface area contributed by atoms with Gasteiger partial charge in [-0.15, -0.1) is 0 Å². The molecule has 0 unspecified atom stereocenters. The molecule has 0 bridgehead atoms. The summed E-state index contributed by atoms with van der Waals surface area (Å²) in [6.45, 7) is 2.84. The fourth-order valence-electron chi connectivity index (χ4n) is 1.78. The fraction of sp³-hybridized carbons (Fsp3) is 0.214. The number of thiophene rings is 1.